The van der Waals surface area contributed by atoms with Crippen LogP contribution in [-0.4, -0.2) is 7.05 Å². The highest BCUT2D eigenvalue weighted by atomic mass is 35.5. The average Bonchev–Trinajstić information content (AvgIpc) is 2.50. The Bertz CT molecular complexity index is 645. The van der Waals surface area contributed by atoms with Crippen molar-refractivity contribution in [2.45, 2.75) is 10.3 Å². The van der Waals surface area contributed by atoms with Crippen LogP contribution in [0.1, 0.15) is 16.5 Å². The van der Waals surface area contributed by atoms with Crippen LogP contribution >= 0.6 is 46.8 Å². The standard InChI is InChI=1S/C14H10Cl3NS/c1-18-12-5-3-2-4-8(12)14(17)9-6-10(15)11(16)7-13(9)19-18/h2-7,14H,1H3. The van der Waals surface area contributed by atoms with Gasteiger partial charge in [0.15, 0.2) is 0 Å². The van der Waals surface area contributed by atoms with E-state index in [-0.39, 0.29) is 5.38 Å². The predicted octanol–water partition coefficient (Wildman–Crippen LogP) is 5.78. The van der Waals surface area contributed by atoms with Crippen LogP contribution in [0.5, 0.6) is 0 Å². The van der Waals surface area contributed by atoms with E-state index < -0.39 is 0 Å². The Morgan fingerprint density at radius 2 is 1.74 bits per heavy atom. The van der Waals surface area contributed by atoms with Crippen molar-refractivity contribution in [1.29, 1.82) is 0 Å². The topological polar surface area (TPSA) is 3.24 Å². The number of rotatable bonds is 0. The summed E-state index contributed by atoms with van der Waals surface area (Å²) in [5, 5.41) is 0.864. The van der Waals surface area contributed by atoms with Crippen molar-refractivity contribution >= 4 is 52.4 Å². The van der Waals surface area contributed by atoms with Crippen molar-refractivity contribution in [3.8, 4) is 0 Å². The van der Waals surface area contributed by atoms with E-state index in [0.29, 0.717) is 10.0 Å². The number of alkyl halides is 1. The van der Waals surface area contributed by atoms with Crippen molar-refractivity contribution in [2.24, 2.45) is 0 Å². The summed E-state index contributed by atoms with van der Waals surface area (Å²) in [5.74, 6) is 0. The van der Waals surface area contributed by atoms with Crippen LogP contribution in [0, 0.1) is 0 Å². The van der Waals surface area contributed by atoms with Gasteiger partial charge in [0, 0.05) is 11.9 Å². The minimum Gasteiger partial charge on any atom is -0.315 e. The van der Waals surface area contributed by atoms with Crippen molar-refractivity contribution in [3.63, 3.8) is 0 Å². The molecule has 1 aliphatic rings. The van der Waals surface area contributed by atoms with Gasteiger partial charge >= 0.3 is 0 Å². The maximum Gasteiger partial charge on any atom is 0.0867 e. The molecule has 3 rings (SSSR count). The molecule has 1 unspecified atom stereocenters. The van der Waals surface area contributed by atoms with Crippen LogP contribution in [0.25, 0.3) is 0 Å². The van der Waals surface area contributed by atoms with Gasteiger partial charge in [-0.3, -0.25) is 0 Å². The third kappa shape index (κ3) is 2.31. The number of fused-ring (bicyclic) bond motifs is 2. The number of para-hydroxylation sites is 1. The monoisotopic (exact) mass is 329 g/mol. The Balaban J connectivity index is 2.23. The molecule has 0 radical (unpaired) electrons. The van der Waals surface area contributed by atoms with E-state index >= 15 is 0 Å². The first kappa shape index (κ1) is 13.4. The van der Waals surface area contributed by atoms with Gasteiger partial charge in [-0.15, -0.1) is 11.6 Å². The Kier molecular flexibility index (Phi) is 3.61. The lowest BCUT2D eigenvalue weighted by Gasteiger charge is -2.18. The normalized spacial score (nSPS) is 17.7. The van der Waals surface area contributed by atoms with Crippen molar-refractivity contribution in [3.05, 3.63) is 57.6 Å². The van der Waals surface area contributed by atoms with Crippen molar-refractivity contribution < 1.29 is 0 Å². The zero-order valence-corrected chi connectivity index (χ0v) is 13.1. The summed E-state index contributed by atoms with van der Waals surface area (Å²) >= 11 is 20.5. The summed E-state index contributed by atoms with van der Waals surface area (Å²) in [7, 11) is 2.02. The third-order valence-electron chi connectivity index (χ3n) is 3.11. The van der Waals surface area contributed by atoms with Crippen LogP contribution in [-0.2, 0) is 0 Å². The molecule has 98 valence electrons. The van der Waals surface area contributed by atoms with E-state index in [9.17, 15) is 0 Å². The van der Waals surface area contributed by atoms with Crippen LogP contribution < -0.4 is 4.31 Å². The van der Waals surface area contributed by atoms with Gasteiger partial charge in [-0.1, -0.05) is 41.4 Å². The maximum absolute atomic E-state index is 6.63. The molecule has 0 bridgehead atoms. The Morgan fingerprint density at radius 3 is 2.53 bits per heavy atom. The van der Waals surface area contributed by atoms with Gasteiger partial charge in [0.2, 0.25) is 0 Å². The summed E-state index contributed by atoms with van der Waals surface area (Å²) in [6.07, 6.45) is 0. The molecule has 0 N–H and O–H groups in total. The Labute approximate surface area is 131 Å². The highest BCUT2D eigenvalue weighted by Crippen LogP contribution is 2.47. The van der Waals surface area contributed by atoms with E-state index in [0.717, 1.165) is 21.7 Å². The van der Waals surface area contributed by atoms with Crippen LogP contribution in [0.3, 0.4) is 0 Å². The number of halogens is 3. The largest absolute Gasteiger partial charge is 0.315 e. The first-order chi connectivity index (χ1) is 9.08. The molecule has 0 saturated carbocycles. The lowest BCUT2D eigenvalue weighted by molar-refractivity contribution is 1.09. The van der Waals surface area contributed by atoms with Gasteiger partial charge in [-0.05, 0) is 41.3 Å². The first-order valence-electron chi connectivity index (χ1n) is 5.71. The molecule has 0 amide bonds. The Morgan fingerprint density at radius 1 is 1.05 bits per heavy atom. The molecule has 1 atom stereocenters. The molecule has 19 heavy (non-hydrogen) atoms. The molecule has 0 saturated heterocycles. The molecule has 0 aromatic heterocycles. The van der Waals surface area contributed by atoms with Crippen molar-refractivity contribution in [2.75, 3.05) is 11.4 Å². The van der Waals surface area contributed by atoms with Gasteiger partial charge in [0.25, 0.3) is 0 Å². The molecule has 1 nitrogen and oxygen atoms in total. The van der Waals surface area contributed by atoms with Gasteiger partial charge in [-0.25, -0.2) is 0 Å². The van der Waals surface area contributed by atoms with Crippen molar-refractivity contribution in [1.82, 2.24) is 0 Å². The number of nitrogens with zero attached hydrogens (tertiary/aromatic N) is 1. The summed E-state index contributed by atoms with van der Waals surface area (Å²) in [5.41, 5.74) is 3.19. The quantitative estimate of drug-likeness (QED) is 0.445. The molecule has 0 spiro atoms. The van der Waals surface area contributed by atoms with Gasteiger partial charge in [0.05, 0.1) is 21.1 Å². The zero-order valence-electron chi connectivity index (χ0n) is 10.0. The fourth-order valence-electron chi connectivity index (χ4n) is 2.17. The van der Waals surface area contributed by atoms with Crippen LogP contribution in [0.4, 0.5) is 5.69 Å². The van der Waals surface area contributed by atoms with Gasteiger partial charge < -0.3 is 4.31 Å². The zero-order chi connectivity index (χ0) is 13.6. The fourth-order valence-corrected chi connectivity index (χ4v) is 4.02. The van der Waals surface area contributed by atoms with E-state index in [2.05, 4.69) is 10.4 Å². The number of benzene rings is 2. The van der Waals surface area contributed by atoms with E-state index in [1.165, 1.54) is 0 Å². The number of anilines is 1. The molecule has 1 heterocycles. The minimum absolute atomic E-state index is 0.224. The Hall–Kier alpha value is -0.540. The third-order valence-corrected chi connectivity index (χ3v) is 5.32. The van der Waals surface area contributed by atoms with Gasteiger partial charge in [0.1, 0.15) is 0 Å². The van der Waals surface area contributed by atoms with E-state index in [1.54, 1.807) is 11.9 Å². The summed E-state index contributed by atoms with van der Waals surface area (Å²) < 4.78 is 2.10. The minimum atomic E-state index is -0.224. The molecule has 0 fully saturated rings. The lowest BCUT2D eigenvalue weighted by Crippen LogP contribution is -2.06. The predicted molar refractivity (Wildman–Crippen MR) is 84.9 cm³/mol. The molecule has 2 aromatic rings. The molecule has 0 aliphatic carbocycles. The molecule has 2 aromatic carbocycles. The summed E-state index contributed by atoms with van der Waals surface area (Å²) in [6, 6.07) is 11.8. The van der Waals surface area contributed by atoms with Crippen LogP contribution in [0.15, 0.2) is 41.3 Å². The second-order valence-corrected chi connectivity index (χ2v) is 6.74. The highest BCUT2D eigenvalue weighted by Gasteiger charge is 2.25. The van der Waals surface area contributed by atoms with E-state index in [4.69, 9.17) is 34.8 Å². The molecule has 1 aliphatic heterocycles. The summed E-state index contributed by atoms with van der Waals surface area (Å²) in [6.45, 7) is 0. The van der Waals surface area contributed by atoms with E-state index in [1.807, 2.05) is 37.4 Å². The second-order valence-electron chi connectivity index (χ2n) is 4.31. The maximum atomic E-state index is 6.63. The molecular formula is C14H10Cl3NS. The second kappa shape index (κ2) is 5.10. The average molecular weight is 331 g/mol. The smallest absolute Gasteiger partial charge is 0.0867 e. The SMILES string of the molecule is CN1Sc2cc(Cl)c(Cl)cc2C(Cl)c2ccccc21. The van der Waals surface area contributed by atoms with Gasteiger partial charge in [-0.2, -0.15) is 0 Å². The first-order valence-corrected chi connectivity index (χ1v) is 7.68. The number of hydrogen-bond donors (Lipinski definition) is 0. The molecule has 5 heteroatoms. The summed E-state index contributed by atoms with van der Waals surface area (Å²) in [4.78, 5) is 1.04. The fraction of sp³-hybridized carbons (Fsp3) is 0.143. The number of hydrogen-bond acceptors (Lipinski definition) is 2. The highest BCUT2D eigenvalue weighted by molar-refractivity contribution is 8.00. The lowest BCUT2D eigenvalue weighted by atomic mass is 10.0. The molecular weight excluding hydrogens is 321 g/mol. The van der Waals surface area contributed by atoms with Crippen LogP contribution in [0.2, 0.25) is 10.0 Å².